The molecule has 0 saturated carbocycles. The molecule has 0 unspecified atom stereocenters. The molecule has 1 aromatic rings. The minimum atomic E-state index is -0.870. The fourth-order valence-corrected chi connectivity index (χ4v) is 1.55. The zero-order valence-electron chi connectivity index (χ0n) is 10.1. The van der Waals surface area contributed by atoms with Crippen molar-refractivity contribution < 1.29 is 9.90 Å². The molecule has 0 aliphatic heterocycles. The van der Waals surface area contributed by atoms with E-state index in [9.17, 15) is 4.79 Å². The van der Waals surface area contributed by atoms with Gasteiger partial charge in [-0.1, -0.05) is 19.9 Å². The number of aromatic carboxylic acids is 1. The highest BCUT2D eigenvalue weighted by Gasteiger charge is 2.09. The van der Waals surface area contributed by atoms with Gasteiger partial charge in [0.15, 0.2) is 0 Å². The molecule has 3 heteroatoms. The van der Waals surface area contributed by atoms with Gasteiger partial charge in [0.05, 0.1) is 5.56 Å². The average molecular weight is 221 g/mol. The zero-order chi connectivity index (χ0) is 12.1. The smallest absolute Gasteiger partial charge is 0.336 e. The number of nitrogens with one attached hydrogen (secondary N) is 1. The van der Waals surface area contributed by atoms with Crippen molar-refractivity contribution in [3.05, 3.63) is 29.3 Å². The largest absolute Gasteiger partial charge is 0.478 e. The summed E-state index contributed by atoms with van der Waals surface area (Å²) in [4.78, 5) is 10.9. The van der Waals surface area contributed by atoms with Gasteiger partial charge < -0.3 is 10.4 Å². The third-order valence-corrected chi connectivity index (χ3v) is 2.60. The van der Waals surface area contributed by atoms with Gasteiger partial charge in [-0.2, -0.15) is 0 Å². The summed E-state index contributed by atoms with van der Waals surface area (Å²) >= 11 is 0. The Morgan fingerprint density at radius 2 is 2.12 bits per heavy atom. The minimum Gasteiger partial charge on any atom is -0.478 e. The number of benzene rings is 1. The normalized spacial score (nSPS) is 10.5. The molecule has 0 bridgehead atoms. The number of carboxylic acid groups (broad SMARTS) is 1. The summed E-state index contributed by atoms with van der Waals surface area (Å²) in [6.45, 7) is 7.05. The molecule has 3 nitrogen and oxygen atoms in total. The van der Waals surface area contributed by atoms with Crippen LogP contribution in [-0.2, 0) is 0 Å². The van der Waals surface area contributed by atoms with Gasteiger partial charge in [-0.25, -0.2) is 4.79 Å². The van der Waals surface area contributed by atoms with Crippen LogP contribution >= 0.6 is 0 Å². The Labute approximate surface area is 96.5 Å². The molecule has 0 radical (unpaired) electrons. The Bertz CT molecular complexity index is 372. The average Bonchev–Trinajstić information content (AvgIpc) is 2.19. The van der Waals surface area contributed by atoms with Crippen molar-refractivity contribution in [1.82, 2.24) is 0 Å². The van der Waals surface area contributed by atoms with Crippen LogP contribution in [0, 0.1) is 12.8 Å². The van der Waals surface area contributed by atoms with Crippen LogP contribution in [0.25, 0.3) is 0 Å². The molecule has 0 fully saturated rings. The number of hydrogen-bond acceptors (Lipinski definition) is 2. The highest BCUT2D eigenvalue weighted by Crippen LogP contribution is 2.19. The van der Waals surface area contributed by atoms with Crippen molar-refractivity contribution >= 4 is 11.7 Å². The Balaban J connectivity index is 2.73. The second kappa shape index (κ2) is 5.54. The Morgan fingerprint density at radius 3 is 2.69 bits per heavy atom. The third-order valence-electron chi connectivity index (χ3n) is 2.60. The van der Waals surface area contributed by atoms with Crippen molar-refractivity contribution in [2.45, 2.75) is 27.2 Å². The van der Waals surface area contributed by atoms with E-state index in [0.717, 1.165) is 24.2 Å². The van der Waals surface area contributed by atoms with Gasteiger partial charge in [-0.3, -0.25) is 0 Å². The Morgan fingerprint density at radius 1 is 1.44 bits per heavy atom. The number of carbonyl (C=O) groups is 1. The van der Waals surface area contributed by atoms with E-state index in [4.69, 9.17) is 5.11 Å². The molecule has 0 aliphatic carbocycles. The number of hydrogen-bond donors (Lipinski definition) is 2. The maximum absolute atomic E-state index is 10.9. The van der Waals surface area contributed by atoms with Crippen LogP contribution in [0.1, 0.15) is 36.2 Å². The van der Waals surface area contributed by atoms with Crippen molar-refractivity contribution in [2.75, 3.05) is 11.9 Å². The van der Waals surface area contributed by atoms with E-state index in [2.05, 4.69) is 19.2 Å². The van der Waals surface area contributed by atoms with E-state index in [0.29, 0.717) is 11.5 Å². The fraction of sp³-hybridized carbons (Fsp3) is 0.462. The van der Waals surface area contributed by atoms with E-state index in [1.807, 2.05) is 13.0 Å². The molecular weight excluding hydrogens is 202 g/mol. The first-order valence-electron chi connectivity index (χ1n) is 5.59. The fourth-order valence-electron chi connectivity index (χ4n) is 1.55. The van der Waals surface area contributed by atoms with Crippen LogP contribution in [0.15, 0.2) is 18.2 Å². The van der Waals surface area contributed by atoms with Crippen molar-refractivity contribution in [1.29, 1.82) is 0 Å². The quantitative estimate of drug-likeness (QED) is 0.803. The summed E-state index contributed by atoms with van der Waals surface area (Å²) in [6, 6.07) is 5.32. The van der Waals surface area contributed by atoms with Crippen molar-refractivity contribution in [3.8, 4) is 0 Å². The van der Waals surface area contributed by atoms with E-state index < -0.39 is 5.97 Å². The molecule has 0 amide bonds. The van der Waals surface area contributed by atoms with Gasteiger partial charge in [-0.15, -0.1) is 0 Å². The van der Waals surface area contributed by atoms with Crippen molar-refractivity contribution in [3.63, 3.8) is 0 Å². The van der Waals surface area contributed by atoms with Gasteiger partial charge in [0.25, 0.3) is 0 Å². The standard InChI is InChI=1S/C13H19NO2/c1-9(2)7-8-14-12-6-4-5-11(10(12)3)13(15)16/h4-6,9,14H,7-8H2,1-3H3,(H,15,16). The minimum absolute atomic E-state index is 0.370. The molecule has 1 aromatic carbocycles. The summed E-state index contributed by atoms with van der Waals surface area (Å²) in [5.74, 6) is -0.222. The van der Waals surface area contributed by atoms with E-state index in [1.165, 1.54) is 0 Å². The monoisotopic (exact) mass is 221 g/mol. The molecule has 0 spiro atoms. The van der Waals surface area contributed by atoms with Crippen LogP contribution in [0.3, 0.4) is 0 Å². The summed E-state index contributed by atoms with van der Waals surface area (Å²) in [5.41, 5.74) is 2.09. The predicted octanol–water partition coefficient (Wildman–Crippen LogP) is 3.15. The first kappa shape index (κ1) is 12.6. The highest BCUT2D eigenvalue weighted by atomic mass is 16.4. The van der Waals surface area contributed by atoms with Crippen LogP contribution in [-0.4, -0.2) is 17.6 Å². The second-order valence-corrected chi connectivity index (χ2v) is 4.39. The maximum atomic E-state index is 10.9. The molecule has 0 saturated heterocycles. The van der Waals surface area contributed by atoms with E-state index in [1.54, 1.807) is 12.1 Å². The molecule has 0 aliphatic rings. The Kier molecular flexibility index (Phi) is 4.35. The highest BCUT2D eigenvalue weighted by molar-refractivity contribution is 5.91. The first-order valence-corrected chi connectivity index (χ1v) is 5.59. The van der Waals surface area contributed by atoms with Gasteiger partial charge in [0, 0.05) is 12.2 Å². The summed E-state index contributed by atoms with van der Waals surface area (Å²) in [6.07, 6.45) is 1.08. The van der Waals surface area contributed by atoms with Gasteiger partial charge in [0.1, 0.15) is 0 Å². The summed E-state index contributed by atoms with van der Waals surface area (Å²) in [7, 11) is 0. The van der Waals surface area contributed by atoms with Crippen molar-refractivity contribution in [2.24, 2.45) is 5.92 Å². The SMILES string of the molecule is Cc1c(NCCC(C)C)cccc1C(=O)O. The topological polar surface area (TPSA) is 49.3 Å². The second-order valence-electron chi connectivity index (χ2n) is 4.39. The third kappa shape index (κ3) is 3.26. The van der Waals surface area contributed by atoms with Crippen LogP contribution in [0.2, 0.25) is 0 Å². The number of rotatable bonds is 5. The predicted molar refractivity (Wildman–Crippen MR) is 66.1 cm³/mol. The molecule has 1 rings (SSSR count). The number of anilines is 1. The molecule has 88 valence electrons. The maximum Gasteiger partial charge on any atom is 0.336 e. The van der Waals surface area contributed by atoms with Gasteiger partial charge in [0.2, 0.25) is 0 Å². The first-order chi connectivity index (χ1) is 7.52. The molecule has 0 heterocycles. The van der Waals surface area contributed by atoms with Crippen LogP contribution < -0.4 is 5.32 Å². The number of carboxylic acids is 1. The lowest BCUT2D eigenvalue weighted by Crippen LogP contribution is -2.08. The van der Waals surface area contributed by atoms with Crippen LogP contribution in [0.5, 0.6) is 0 Å². The molecule has 0 aromatic heterocycles. The molecule has 0 atom stereocenters. The van der Waals surface area contributed by atoms with Gasteiger partial charge in [-0.05, 0) is 37.0 Å². The lowest BCUT2D eigenvalue weighted by Gasteiger charge is -2.12. The zero-order valence-corrected chi connectivity index (χ0v) is 10.1. The molecular formula is C13H19NO2. The lowest BCUT2D eigenvalue weighted by atomic mass is 10.1. The van der Waals surface area contributed by atoms with E-state index in [-0.39, 0.29) is 0 Å². The Hall–Kier alpha value is -1.51. The summed E-state index contributed by atoms with van der Waals surface area (Å²) in [5, 5.41) is 12.3. The lowest BCUT2D eigenvalue weighted by molar-refractivity contribution is 0.0696. The van der Waals surface area contributed by atoms with E-state index >= 15 is 0 Å². The molecule has 2 N–H and O–H groups in total. The summed E-state index contributed by atoms with van der Waals surface area (Å²) < 4.78 is 0. The molecule has 16 heavy (non-hydrogen) atoms. The van der Waals surface area contributed by atoms with Gasteiger partial charge >= 0.3 is 5.97 Å². The van der Waals surface area contributed by atoms with Crippen LogP contribution in [0.4, 0.5) is 5.69 Å².